The average molecular weight is 319 g/mol. The molecule has 0 saturated heterocycles. The van der Waals surface area contributed by atoms with Gasteiger partial charge in [0.2, 0.25) is 0 Å². The van der Waals surface area contributed by atoms with Crippen molar-refractivity contribution in [1.82, 2.24) is 15.1 Å². The zero-order valence-corrected chi connectivity index (χ0v) is 12.7. The number of aromatic nitrogens is 2. The third-order valence-electron chi connectivity index (χ3n) is 4.18. The van der Waals surface area contributed by atoms with Crippen molar-refractivity contribution in [3.63, 3.8) is 0 Å². The van der Waals surface area contributed by atoms with E-state index in [1.54, 1.807) is 24.3 Å². The molecule has 0 saturated carbocycles. The van der Waals surface area contributed by atoms with E-state index < -0.39 is 0 Å². The average Bonchev–Trinajstić information content (AvgIpc) is 3.14. The zero-order valence-electron chi connectivity index (χ0n) is 12.7. The van der Waals surface area contributed by atoms with Gasteiger partial charge in [-0.3, -0.25) is 24.4 Å². The lowest BCUT2D eigenvalue weighted by molar-refractivity contribution is 0.0649. The van der Waals surface area contributed by atoms with E-state index in [9.17, 15) is 14.4 Å². The Labute approximate surface area is 137 Å². The van der Waals surface area contributed by atoms with Crippen LogP contribution < -0.4 is 0 Å². The minimum Gasteiger partial charge on any atom is -0.292 e. The van der Waals surface area contributed by atoms with Gasteiger partial charge < -0.3 is 0 Å². The summed E-state index contributed by atoms with van der Waals surface area (Å²) in [5.74, 6) is -0.908. The highest BCUT2D eigenvalue weighted by Gasteiger charge is 2.35. The summed E-state index contributed by atoms with van der Waals surface area (Å²) in [4.78, 5) is 38.1. The van der Waals surface area contributed by atoms with Crippen molar-refractivity contribution in [3.05, 3.63) is 65.4 Å². The van der Waals surface area contributed by atoms with Gasteiger partial charge in [-0.25, -0.2) is 0 Å². The summed E-state index contributed by atoms with van der Waals surface area (Å²) in [5.41, 5.74) is 1.89. The van der Waals surface area contributed by atoms with Gasteiger partial charge in [-0.1, -0.05) is 30.3 Å². The standard InChI is InChI=1S/C18H13N3O3/c22-15(16-13-7-3-4-8-14(13)19-20-16)9-10-21-17(23)11-5-1-2-6-12(11)18(21)24/h1-8H,9-10H2,(H,19,20). The minimum absolute atomic E-state index is 0.0420. The molecule has 118 valence electrons. The van der Waals surface area contributed by atoms with Crippen LogP contribution in [0.5, 0.6) is 0 Å². The maximum Gasteiger partial charge on any atom is 0.261 e. The fourth-order valence-electron chi connectivity index (χ4n) is 2.95. The monoisotopic (exact) mass is 319 g/mol. The first-order valence-corrected chi connectivity index (χ1v) is 7.58. The van der Waals surface area contributed by atoms with Crippen molar-refractivity contribution < 1.29 is 14.4 Å². The topological polar surface area (TPSA) is 83.1 Å². The number of H-pyrrole nitrogens is 1. The quantitative estimate of drug-likeness (QED) is 0.591. The Hall–Kier alpha value is -3.28. The number of carbonyl (C=O) groups excluding carboxylic acids is 3. The van der Waals surface area contributed by atoms with E-state index in [1.807, 2.05) is 24.3 Å². The number of imide groups is 1. The number of hydrogen-bond acceptors (Lipinski definition) is 4. The fraction of sp³-hybridized carbons (Fsp3) is 0.111. The minimum atomic E-state index is -0.352. The molecule has 0 atom stereocenters. The molecule has 0 spiro atoms. The Balaban J connectivity index is 1.53. The Bertz CT molecular complexity index is 955. The van der Waals surface area contributed by atoms with Crippen molar-refractivity contribution in [2.24, 2.45) is 0 Å². The molecule has 1 aliphatic heterocycles. The molecule has 6 nitrogen and oxygen atoms in total. The van der Waals surface area contributed by atoms with Crippen LogP contribution >= 0.6 is 0 Å². The van der Waals surface area contributed by atoms with Crippen molar-refractivity contribution in [2.45, 2.75) is 6.42 Å². The number of carbonyl (C=O) groups is 3. The smallest absolute Gasteiger partial charge is 0.261 e. The Morgan fingerprint density at radius 1 is 0.958 bits per heavy atom. The molecule has 0 radical (unpaired) electrons. The Morgan fingerprint density at radius 2 is 1.58 bits per heavy atom. The molecular weight excluding hydrogens is 306 g/mol. The van der Waals surface area contributed by atoms with Gasteiger partial charge in [-0.15, -0.1) is 0 Å². The highest BCUT2D eigenvalue weighted by molar-refractivity contribution is 6.21. The number of rotatable bonds is 4. The molecule has 0 aliphatic carbocycles. The van der Waals surface area contributed by atoms with Gasteiger partial charge in [0.05, 0.1) is 16.6 Å². The van der Waals surface area contributed by atoms with Crippen LogP contribution in [0.15, 0.2) is 48.5 Å². The summed E-state index contributed by atoms with van der Waals surface area (Å²) >= 11 is 0. The predicted octanol–water partition coefficient (Wildman–Crippen LogP) is 2.43. The number of nitrogens with one attached hydrogen (secondary N) is 1. The van der Waals surface area contributed by atoms with Crippen LogP contribution in [-0.2, 0) is 0 Å². The SMILES string of the molecule is O=C(CCN1C(=O)c2ccccc2C1=O)c1n[nH]c2ccccc12. The number of hydrogen-bond donors (Lipinski definition) is 1. The maximum atomic E-state index is 12.4. The molecule has 0 fully saturated rings. The van der Waals surface area contributed by atoms with Crippen molar-refractivity contribution in [3.8, 4) is 0 Å². The summed E-state index contributed by atoms with van der Waals surface area (Å²) in [5, 5.41) is 7.61. The van der Waals surface area contributed by atoms with Crippen molar-refractivity contribution >= 4 is 28.5 Å². The highest BCUT2D eigenvalue weighted by Crippen LogP contribution is 2.23. The predicted molar refractivity (Wildman–Crippen MR) is 86.9 cm³/mol. The third kappa shape index (κ3) is 2.11. The van der Waals surface area contributed by atoms with Crippen molar-refractivity contribution in [1.29, 1.82) is 0 Å². The first kappa shape index (κ1) is 14.3. The molecule has 6 heteroatoms. The molecule has 3 aromatic rings. The van der Waals surface area contributed by atoms with Crippen LogP contribution in [0.4, 0.5) is 0 Å². The molecule has 4 rings (SSSR count). The van der Waals surface area contributed by atoms with E-state index in [0.717, 1.165) is 15.8 Å². The van der Waals surface area contributed by atoms with E-state index in [0.29, 0.717) is 16.8 Å². The van der Waals surface area contributed by atoms with E-state index in [1.165, 1.54) is 0 Å². The number of ketones is 1. The Morgan fingerprint density at radius 3 is 2.29 bits per heavy atom. The number of para-hydroxylation sites is 1. The fourth-order valence-corrected chi connectivity index (χ4v) is 2.95. The van der Waals surface area contributed by atoms with Gasteiger partial charge in [0.1, 0.15) is 5.69 Å². The molecule has 24 heavy (non-hydrogen) atoms. The van der Waals surface area contributed by atoms with Crippen LogP contribution in [0.2, 0.25) is 0 Å². The van der Waals surface area contributed by atoms with E-state index >= 15 is 0 Å². The second-order valence-corrected chi connectivity index (χ2v) is 5.60. The lowest BCUT2D eigenvalue weighted by Gasteiger charge is -2.12. The van der Waals surface area contributed by atoms with E-state index in [4.69, 9.17) is 0 Å². The summed E-state index contributed by atoms with van der Waals surface area (Å²) in [6.45, 7) is 0.0480. The van der Waals surface area contributed by atoms with E-state index in [-0.39, 0.29) is 30.6 Å². The van der Waals surface area contributed by atoms with Gasteiger partial charge in [0, 0.05) is 18.4 Å². The van der Waals surface area contributed by atoms with Gasteiger partial charge >= 0.3 is 0 Å². The second-order valence-electron chi connectivity index (χ2n) is 5.60. The molecule has 1 aromatic heterocycles. The normalized spacial score (nSPS) is 13.6. The molecular formula is C18H13N3O3. The molecule has 2 aromatic carbocycles. The van der Waals surface area contributed by atoms with Crippen LogP contribution in [0.25, 0.3) is 10.9 Å². The van der Waals surface area contributed by atoms with Crippen LogP contribution in [0, 0.1) is 0 Å². The number of nitrogens with zero attached hydrogens (tertiary/aromatic N) is 2. The molecule has 2 heterocycles. The number of benzene rings is 2. The number of Topliss-reactive ketones (excluding diaryl/α,β-unsaturated/α-hetero) is 1. The summed E-state index contributed by atoms with van der Waals surface area (Å²) in [6.07, 6.45) is 0.0420. The maximum absolute atomic E-state index is 12.4. The summed E-state index contributed by atoms with van der Waals surface area (Å²) < 4.78 is 0. The lowest BCUT2D eigenvalue weighted by Crippen LogP contribution is -2.32. The first-order valence-electron chi connectivity index (χ1n) is 7.58. The van der Waals surface area contributed by atoms with Crippen molar-refractivity contribution in [2.75, 3.05) is 6.54 Å². The van der Waals surface area contributed by atoms with Gasteiger partial charge in [0.15, 0.2) is 5.78 Å². The van der Waals surface area contributed by atoms with Gasteiger partial charge in [0.25, 0.3) is 11.8 Å². The molecule has 0 unspecified atom stereocenters. The molecule has 1 N–H and O–H groups in total. The number of fused-ring (bicyclic) bond motifs is 2. The lowest BCUT2D eigenvalue weighted by atomic mass is 10.1. The second kappa shape index (κ2) is 5.42. The van der Waals surface area contributed by atoms with Crippen LogP contribution in [0.1, 0.15) is 37.6 Å². The molecule has 1 aliphatic rings. The highest BCUT2D eigenvalue weighted by atomic mass is 16.2. The van der Waals surface area contributed by atoms with Crippen LogP contribution in [-0.4, -0.2) is 39.2 Å². The van der Waals surface area contributed by atoms with Gasteiger partial charge in [-0.05, 0) is 18.2 Å². The van der Waals surface area contributed by atoms with Crippen LogP contribution in [0.3, 0.4) is 0 Å². The molecule has 2 amide bonds. The summed E-state index contributed by atoms with van der Waals surface area (Å²) in [7, 11) is 0. The first-order chi connectivity index (χ1) is 11.7. The Kier molecular flexibility index (Phi) is 3.23. The van der Waals surface area contributed by atoms with Gasteiger partial charge in [-0.2, -0.15) is 5.10 Å². The molecule has 0 bridgehead atoms. The number of amides is 2. The largest absolute Gasteiger partial charge is 0.292 e. The van der Waals surface area contributed by atoms with E-state index in [2.05, 4.69) is 10.2 Å². The third-order valence-corrected chi connectivity index (χ3v) is 4.18. The summed E-state index contributed by atoms with van der Waals surface area (Å²) in [6, 6.07) is 14.0. The zero-order chi connectivity index (χ0) is 16.7. The number of aromatic amines is 1.